The third-order valence-corrected chi connectivity index (χ3v) is 6.40. The molecule has 0 bridgehead atoms. The quantitative estimate of drug-likeness (QED) is 0.661. The van der Waals surface area contributed by atoms with Gasteiger partial charge in [0.2, 0.25) is 5.91 Å². The monoisotopic (exact) mass is 400 g/mol. The summed E-state index contributed by atoms with van der Waals surface area (Å²) in [4.78, 5) is 33.8. The van der Waals surface area contributed by atoms with Crippen molar-refractivity contribution >= 4 is 22.7 Å². The number of fused-ring (bicyclic) bond motifs is 4. The maximum atomic E-state index is 12.1. The summed E-state index contributed by atoms with van der Waals surface area (Å²) in [6, 6.07) is 6.23. The average molecular weight is 400 g/mol. The highest BCUT2D eigenvalue weighted by Gasteiger charge is 2.26. The van der Waals surface area contributed by atoms with Crippen molar-refractivity contribution in [3.8, 4) is 11.1 Å². The van der Waals surface area contributed by atoms with E-state index in [0.29, 0.717) is 18.8 Å². The van der Waals surface area contributed by atoms with Crippen LogP contribution in [0.25, 0.3) is 22.0 Å². The summed E-state index contributed by atoms with van der Waals surface area (Å²) in [5.74, 6) is -0.556. The van der Waals surface area contributed by atoms with Crippen molar-refractivity contribution < 1.29 is 9.59 Å². The number of carbonyl (C=O) groups excluding carboxylic acids is 2. The molecule has 0 saturated carbocycles. The molecule has 2 aromatic heterocycles. The fraction of sp³-hybridized carbons (Fsp3) is 0.292. The summed E-state index contributed by atoms with van der Waals surface area (Å²) < 4.78 is 0. The predicted octanol–water partition coefficient (Wildman–Crippen LogP) is 3.28. The van der Waals surface area contributed by atoms with Gasteiger partial charge in [0.15, 0.2) is 5.69 Å². The summed E-state index contributed by atoms with van der Waals surface area (Å²) in [6.45, 7) is 4.85. The van der Waals surface area contributed by atoms with Gasteiger partial charge in [-0.05, 0) is 60.4 Å². The molecule has 0 saturated heterocycles. The van der Waals surface area contributed by atoms with Crippen LogP contribution >= 0.6 is 0 Å². The standard InChI is InChI=1S/C24H24N4O2/c1-2-20(29)28-11-10-15-14(13-28)6-5-8-16(15)18-12-26-23(24(25)30)22-21(18)17-7-3-4-9-19(17)27-22/h2,5-6,8,12,27H,1,3-4,7,9-11,13H2,(H2,25,30). The predicted molar refractivity (Wildman–Crippen MR) is 116 cm³/mol. The van der Waals surface area contributed by atoms with Crippen LogP contribution in [0.1, 0.15) is 45.7 Å². The maximum Gasteiger partial charge on any atom is 0.269 e. The SMILES string of the molecule is C=CC(=O)N1CCc2c(cccc2-c2cnc(C(N)=O)c3[nH]c4c(c23)CCCC4)C1. The first-order valence-corrected chi connectivity index (χ1v) is 10.4. The summed E-state index contributed by atoms with van der Waals surface area (Å²) >= 11 is 0. The Morgan fingerprint density at radius 2 is 1.97 bits per heavy atom. The number of primary amides is 1. The van der Waals surface area contributed by atoms with Gasteiger partial charge in [0.25, 0.3) is 5.91 Å². The molecule has 1 aromatic carbocycles. The Bertz CT molecular complexity index is 1210. The molecule has 2 aliphatic rings. The van der Waals surface area contributed by atoms with E-state index in [2.05, 4.69) is 28.7 Å². The molecule has 0 radical (unpaired) electrons. The van der Waals surface area contributed by atoms with E-state index in [-0.39, 0.29) is 5.91 Å². The number of pyridine rings is 1. The summed E-state index contributed by atoms with van der Waals surface area (Å²) in [5.41, 5.74) is 13.7. The lowest BCUT2D eigenvalue weighted by atomic mass is 9.87. The molecule has 30 heavy (non-hydrogen) atoms. The van der Waals surface area contributed by atoms with Crippen LogP contribution in [0.15, 0.2) is 37.1 Å². The van der Waals surface area contributed by atoms with Gasteiger partial charge >= 0.3 is 0 Å². The molecule has 3 heterocycles. The Morgan fingerprint density at radius 1 is 1.13 bits per heavy atom. The van der Waals surface area contributed by atoms with Crippen molar-refractivity contribution in [3.05, 3.63) is 65.1 Å². The van der Waals surface area contributed by atoms with Crippen molar-refractivity contribution in [2.24, 2.45) is 5.73 Å². The lowest BCUT2D eigenvalue weighted by molar-refractivity contribution is -0.126. The molecular formula is C24H24N4O2. The van der Waals surface area contributed by atoms with Crippen LogP contribution in [0.5, 0.6) is 0 Å². The topological polar surface area (TPSA) is 92.1 Å². The van der Waals surface area contributed by atoms with E-state index < -0.39 is 5.91 Å². The molecular weight excluding hydrogens is 376 g/mol. The van der Waals surface area contributed by atoms with Crippen molar-refractivity contribution in [1.82, 2.24) is 14.9 Å². The number of aryl methyl sites for hydroxylation is 2. The molecule has 3 aromatic rings. The highest BCUT2D eigenvalue weighted by atomic mass is 16.2. The maximum absolute atomic E-state index is 12.1. The minimum atomic E-state index is -0.515. The van der Waals surface area contributed by atoms with Gasteiger partial charge in [-0.2, -0.15) is 0 Å². The van der Waals surface area contributed by atoms with Crippen LogP contribution < -0.4 is 5.73 Å². The number of hydrogen-bond acceptors (Lipinski definition) is 3. The number of nitrogens with one attached hydrogen (secondary N) is 1. The van der Waals surface area contributed by atoms with Gasteiger partial charge in [0, 0.05) is 35.9 Å². The van der Waals surface area contributed by atoms with Gasteiger partial charge < -0.3 is 15.6 Å². The molecule has 1 aliphatic carbocycles. The number of H-pyrrole nitrogens is 1. The molecule has 152 valence electrons. The minimum absolute atomic E-state index is 0.0411. The van der Waals surface area contributed by atoms with Crippen LogP contribution in [-0.2, 0) is 30.6 Å². The second kappa shape index (κ2) is 7.13. The van der Waals surface area contributed by atoms with Crippen LogP contribution in [0.4, 0.5) is 0 Å². The van der Waals surface area contributed by atoms with Crippen molar-refractivity contribution in [1.29, 1.82) is 0 Å². The number of rotatable bonds is 3. The number of benzene rings is 1. The average Bonchev–Trinajstić information content (AvgIpc) is 3.16. The summed E-state index contributed by atoms with van der Waals surface area (Å²) in [7, 11) is 0. The Hall–Kier alpha value is -3.41. The third kappa shape index (κ3) is 2.83. The number of carbonyl (C=O) groups is 2. The largest absolute Gasteiger partial charge is 0.364 e. The van der Waals surface area contributed by atoms with Crippen molar-refractivity contribution in [3.63, 3.8) is 0 Å². The van der Waals surface area contributed by atoms with Gasteiger partial charge in [-0.15, -0.1) is 0 Å². The van der Waals surface area contributed by atoms with E-state index in [1.807, 2.05) is 11.0 Å². The molecule has 2 amide bonds. The number of nitrogens with two attached hydrogens (primary N) is 1. The normalized spacial score (nSPS) is 15.5. The first kappa shape index (κ1) is 18.6. The number of amides is 2. The highest BCUT2D eigenvalue weighted by Crippen LogP contribution is 2.39. The summed E-state index contributed by atoms with van der Waals surface area (Å²) in [6.07, 6.45) is 8.19. The number of aromatic amines is 1. The van der Waals surface area contributed by atoms with Gasteiger partial charge in [0.05, 0.1) is 5.52 Å². The Kier molecular flexibility index (Phi) is 4.42. The molecule has 6 heteroatoms. The zero-order valence-electron chi connectivity index (χ0n) is 16.8. The van der Waals surface area contributed by atoms with E-state index in [9.17, 15) is 9.59 Å². The van der Waals surface area contributed by atoms with Crippen LogP contribution in [0.2, 0.25) is 0 Å². The number of nitrogens with zero attached hydrogens (tertiary/aromatic N) is 2. The second-order valence-electron chi connectivity index (χ2n) is 8.08. The molecule has 3 N–H and O–H groups in total. The molecule has 0 fully saturated rings. The summed E-state index contributed by atoms with van der Waals surface area (Å²) in [5, 5.41) is 1.08. The lowest BCUT2D eigenvalue weighted by Crippen LogP contribution is -2.34. The van der Waals surface area contributed by atoms with Gasteiger partial charge in [-0.25, -0.2) is 4.98 Å². The minimum Gasteiger partial charge on any atom is -0.364 e. The van der Waals surface area contributed by atoms with Crippen molar-refractivity contribution in [2.45, 2.75) is 38.6 Å². The van der Waals surface area contributed by atoms with E-state index >= 15 is 0 Å². The second-order valence-corrected chi connectivity index (χ2v) is 8.08. The number of hydrogen-bond donors (Lipinski definition) is 2. The van der Waals surface area contributed by atoms with E-state index in [0.717, 1.165) is 59.7 Å². The van der Waals surface area contributed by atoms with Gasteiger partial charge in [-0.3, -0.25) is 9.59 Å². The van der Waals surface area contributed by atoms with Crippen LogP contribution in [-0.4, -0.2) is 33.2 Å². The lowest BCUT2D eigenvalue weighted by Gasteiger charge is -2.29. The smallest absolute Gasteiger partial charge is 0.269 e. The Balaban J connectivity index is 1.71. The highest BCUT2D eigenvalue weighted by molar-refractivity contribution is 6.09. The first-order chi connectivity index (χ1) is 14.6. The van der Waals surface area contributed by atoms with Crippen molar-refractivity contribution in [2.75, 3.05) is 6.54 Å². The Morgan fingerprint density at radius 3 is 2.77 bits per heavy atom. The van der Waals surface area contributed by atoms with E-state index in [4.69, 9.17) is 5.73 Å². The Labute approximate surface area is 174 Å². The van der Waals surface area contributed by atoms with Gasteiger partial charge in [0.1, 0.15) is 0 Å². The van der Waals surface area contributed by atoms with Crippen LogP contribution in [0.3, 0.4) is 0 Å². The molecule has 0 atom stereocenters. The first-order valence-electron chi connectivity index (χ1n) is 10.4. The zero-order chi connectivity index (χ0) is 20.8. The van der Waals surface area contributed by atoms with E-state index in [1.54, 1.807) is 6.20 Å². The molecule has 1 aliphatic heterocycles. The van der Waals surface area contributed by atoms with E-state index in [1.165, 1.54) is 22.9 Å². The molecule has 6 nitrogen and oxygen atoms in total. The van der Waals surface area contributed by atoms with Gasteiger partial charge in [-0.1, -0.05) is 24.8 Å². The molecule has 5 rings (SSSR count). The van der Waals surface area contributed by atoms with Crippen LogP contribution in [0, 0.1) is 0 Å². The fourth-order valence-electron chi connectivity index (χ4n) is 4.99. The zero-order valence-corrected chi connectivity index (χ0v) is 16.8. The molecule has 0 unspecified atom stereocenters. The molecule has 0 spiro atoms. The number of aromatic nitrogens is 2. The fourth-order valence-corrected chi connectivity index (χ4v) is 4.99. The third-order valence-electron chi connectivity index (χ3n) is 6.40.